The average Bonchev–Trinajstić information content (AvgIpc) is 3.20. The van der Waals surface area contributed by atoms with Gasteiger partial charge in [0.15, 0.2) is 11.5 Å². The summed E-state index contributed by atoms with van der Waals surface area (Å²) in [6, 6.07) is 12.1. The second kappa shape index (κ2) is 9.24. The number of hydrogen-bond donors (Lipinski definition) is 3. The smallest absolute Gasteiger partial charge is 0.310 e. The van der Waals surface area contributed by atoms with Crippen LogP contribution in [0.3, 0.4) is 0 Å². The number of likely N-dealkylation sites (N-methyl/N-ethyl adjacent to an activating group) is 1. The van der Waals surface area contributed by atoms with Crippen molar-refractivity contribution in [2.75, 3.05) is 13.6 Å². The van der Waals surface area contributed by atoms with Crippen LogP contribution in [0.4, 0.5) is 0 Å². The minimum absolute atomic E-state index is 0.160. The Bertz CT molecular complexity index is 1170. The molecule has 36 heavy (non-hydrogen) atoms. The highest BCUT2D eigenvalue weighted by Crippen LogP contribution is 2.62. The molecule has 2 aromatic carbocycles. The van der Waals surface area contributed by atoms with Gasteiger partial charge in [0.05, 0.1) is 5.92 Å². The highest BCUT2D eigenvalue weighted by molar-refractivity contribution is 5.75. The number of phenols is 1. The standard InChI is InChI=1S/C17H19NO3.C13H18O2/c1-18-7-6-17-10-3-5-13(20)16(17)21-15-12(19)4-2-9(14(15)17)8-11(10)18;1-9(2)8-11-4-6-12(7-5-11)10(3)13(14)15/h2-5,10-11,13,16,19-20H,6-8H2,1H3;4-7,9-10H,8H2,1-3H3,(H,14,15)/t10-,11+,13-,16-,17-;/m0./s1. The first-order valence-electron chi connectivity index (χ1n) is 13.0. The van der Waals surface area contributed by atoms with E-state index in [0.717, 1.165) is 31.4 Å². The zero-order valence-corrected chi connectivity index (χ0v) is 21.5. The van der Waals surface area contributed by atoms with Crippen molar-refractivity contribution in [2.45, 2.75) is 69.6 Å². The number of rotatable bonds is 4. The van der Waals surface area contributed by atoms with Gasteiger partial charge in [-0.05, 0) is 68.5 Å². The van der Waals surface area contributed by atoms with Gasteiger partial charge >= 0.3 is 5.97 Å². The second-order valence-electron chi connectivity index (χ2n) is 11.3. The average molecular weight is 492 g/mol. The number of aromatic hydroxyl groups is 1. The number of benzene rings is 2. The molecule has 2 bridgehead atoms. The van der Waals surface area contributed by atoms with E-state index in [2.05, 4.69) is 31.9 Å². The zero-order valence-electron chi connectivity index (χ0n) is 21.5. The molecule has 0 radical (unpaired) electrons. The fourth-order valence-electron chi connectivity index (χ4n) is 6.79. The highest BCUT2D eigenvalue weighted by atomic mass is 16.5. The molecule has 3 N–H and O–H groups in total. The molecule has 0 aromatic heterocycles. The van der Waals surface area contributed by atoms with Crippen LogP contribution in [0.5, 0.6) is 11.5 Å². The fraction of sp³-hybridized carbons (Fsp3) is 0.500. The number of carboxylic acid groups (broad SMARTS) is 1. The van der Waals surface area contributed by atoms with Crippen molar-refractivity contribution in [3.05, 3.63) is 70.8 Å². The van der Waals surface area contributed by atoms with Gasteiger partial charge in [0.25, 0.3) is 0 Å². The summed E-state index contributed by atoms with van der Waals surface area (Å²) < 4.78 is 6.09. The number of piperidine rings is 1. The van der Waals surface area contributed by atoms with E-state index in [9.17, 15) is 15.0 Å². The molecule has 2 aromatic rings. The number of carbonyl (C=O) groups is 1. The topological polar surface area (TPSA) is 90.2 Å². The monoisotopic (exact) mass is 491 g/mol. The van der Waals surface area contributed by atoms with E-state index >= 15 is 0 Å². The third-order valence-corrected chi connectivity index (χ3v) is 8.64. The lowest BCUT2D eigenvalue weighted by Crippen LogP contribution is -2.64. The van der Waals surface area contributed by atoms with Gasteiger partial charge < -0.3 is 25.0 Å². The van der Waals surface area contributed by atoms with E-state index in [1.165, 1.54) is 16.7 Å². The number of aliphatic hydroxyl groups is 1. The minimum Gasteiger partial charge on any atom is -0.504 e. The van der Waals surface area contributed by atoms with Crippen LogP contribution in [0, 0.1) is 11.8 Å². The van der Waals surface area contributed by atoms with E-state index in [1.54, 1.807) is 13.0 Å². The molecule has 6 rings (SSSR count). The number of hydrogen-bond acceptors (Lipinski definition) is 5. The lowest BCUT2D eigenvalue weighted by atomic mass is 9.53. The van der Waals surface area contributed by atoms with Crippen molar-refractivity contribution < 1.29 is 24.9 Å². The molecule has 6 atom stereocenters. The predicted octanol–water partition coefficient (Wildman–Crippen LogP) is 4.27. The van der Waals surface area contributed by atoms with Crippen LogP contribution in [0.2, 0.25) is 0 Å². The molecule has 1 saturated heterocycles. The van der Waals surface area contributed by atoms with Gasteiger partial charge in [-0.25, -0.2) is 0 Å². The summed E-state index contributed by atoms with van der Waals surface area (Å²) >= 11 is 0. The number of likely N-dealkylation sites (tertiary alicyclic amines) is 1. The molecule has 1 fully saturated rings. The molecule has 2 aliphatic carbocycles. The number of aliphatic hydroxyl groups excluding tert-OH is 1. The minimum atomic E-state index is -0.772. The van der Waals surface area contributed by atoms with Crippen molar-refractivity contribution >= 4 is 5.97 Å². The largest absolute Gasteiger partial charge is 0.504 e. The van der Waals surface area contributed by atoms with Crippen LogP contribution in [0.1, 0.15) is 55.4 Å². The van der Waals surface area contributed by atoms with Crippen molar-refractivity contribution in [3.8, 4) is 11.5 Å². The third-order valence-electron chi connectivity index (χ3n) is 8.64. The van der Waals surface area contributed by atoms with Gasteiger partial charge in [-0.15, -0.1) is 0 Å². The van der Waals surface area contributed by atoms with E-state index < -0.39 is 18.0 Å². The van der Waals surface area contributed by atoms with Crippen LogP contribution in [0.25, 0.3) is 0 Å². The maximum absolute atomic E-state index is 10.8. The lowest BCUT2D eigenvalue weighted by Gasteiger charge is -2.56. The van der Waals surface area contributed by atoms with Gasteiger partial charge in [0.1, 0.15) is 12.2 Å². The van der Waals surface area contributed by atoms with Crippen LogP contribution < -0.4 is 4.74 Å². The first-order valence-corrected chi connectivity index (χ1v) is 13.0. The molecule has 1 spiro atoms. The summed E-state index contributed by atoms with van der Waals surface area (Å²) in [5.74, 6) is 0.631. The second-order valence-corrected chi connectivity index (χ2v) is 11.3. The maximum Gasteiger partial charge on any atom is 0.310 e. The van der Waals surface area contributed by atoms with E-state index in [1.807, 2.05) is 36.4 Å². The van der Waals surface area contributed by atoms with Crippen LogP contribution in [0.15, 0.2) is 48.6 Å². The van der Waals surface area contributed by atoms with Gasteiger partial charge in [-0.1, -0.05) is 56.3 Å². The van der Waals surface area contributed by atoms with E-state index in [4.69, 9.17) is 9.84 Å². The molecular weight excluding hydrogens is 454 g/mol. The molecule has 192 valence electrons. The van der Waals surface area contributed by atoms with Crippen LogP contribution in [-0.4, -0.2) is 58.0 Å². The molecule has 4 aliphatic rings. The van der Waals surface area contributed by atoms with Crippen LogP contribution >= 0.6 is 0 Å². The van der Waals surface area contributed by atoms with Crippen molar-refractivity contribution in [2.24, 2.45) is 11.8 Å². The van der Waals surface area contributed by atoms with Gasteiger partial charge in [-0.2, -0.15) is 0 Å². The number of nitrogens with zero attached hydrogens (tertiary/aromatic N) is 1. The Morgan fingerprint density at radius 2 is 1.86 bits per heavy atom. The molecule has 6 nitrogen and oxygen atoms in total. The summed E-state index contributed by atoms with van der Waals surface area (Å²) in [5, 5.41) is 29.5. The van der Waals surface area contributed by atoms with Crippen molar-refractivity contribution in [1.29, 1.82) is 0 Å². The van der Waals surface area contributed by atoms with Crippen LogP contribution in [-0.2, 0) is 23.1 Å². The summed E-state index contributed by atoms with van der Waals surface area (Å²) in [6.45, 7) is 7.07. The summed E-state index contributed by atoms with van der Waals surface area (Å²) in [7, 11) is 2.19. The summed E-state index contributed by atoms with van der Waals surface area (Å²) in [4.78, 5) is 13.2. The Morgan fingerprint density at radius 1 is 1.14 bits per heavy atom. The summed E-state index contributed by atoms with van der Waals surface area (Å²) in [6.07, 6.45) is 6.22. The first-order chi connectivity index (χ1) is 17.1. The Balaban J connectivity index is 0.000000159. The molecule has 2 heterocycles. The number of ether oxygens (including phenoxy) is 1. The predicted molar refractivity (Wildman–Crippen MR) is 139 cm³/mol. The Labute approximate surface area is 213 Å². The van der Waals surface area contributed by atoms with Crippen molar-refractivity contribution in [1.82, 2.24) is 4.90 Å². The molecule has 6 heteroatoms. The quantitative estimate of drug-likeness (QED) is 0.554. The SMILES string of the molecule is CC(C)Cc1ccc(C(C)C(=O)O)cc1.CN1CC[C@]23c4c5ccc(O)c4O[C@H]2[C@@H](O)C=C[C@H]3[C@H]1C5. The molecule has 1 unspecified atom stereocenters. The van der Waals surface area contributed by atoms with Gasteiger partial charge in [0.2, 0.25) is 0 Å². The lowest BCUT2D eigenvalue weighted by molar-refractivity contribution is -0.138. The van der Waals surface area contributed by atoms with E-state index in [0.29, 0.717) is 23.6 Å². The Hall–Kier alpha value is -2.83. The number of carboxylic acids is 1. The molecule has 0 amide bonds. The van der Waals surface area contributed by atoms with Crippen molar-refractivity contribution in [3.63, 3.8) is 0 Å². The number of aliphatic carboxylic acids is 1. The first kappa shape index (κ1) is 24.8. The van der Waals surface area contributed by atoms with Gasteiger partial charge in [0, 0.05) is 22.9 Å². The molecule has 0 saturated carbocycles. The molecule has 2 aliphatic heterocycles. The normalized spacial score (nSPS) is 30.2. The van der Waals surface area contributed by atoms with Gasteiger partial charge in [-0.3, -0.25) is 4.79 Å². The molecular formula is C30H37NO5. The maximum atomic E-state index is 10.8. The fourth-order valence-corrected chi connectivity index (χ4v) is 6.79. The Kier molecular flexibility index (Phi) is 6.38. The highest BCUT2D eigenvalue weighted by Gasteiger charge is 2.64. The summed E-state index contributed by atoms with van der Waals surface area (Å²) in [5.41, 5.74) is 4.43. The zero-order chi connectivity index (χ0) is 25.8. The van der Waals surface area contributed by atoms with E-state index in [-0.39, 0.29) is 17.3 Å². The third kappa shape index (κ3) is 3.91. The number of phenolic OH excluding ortho intramolecular Hbond substituents is 1. The Morgan fingerprint density at radius 3 is 2.53 bits per heavy atom.